The molecule has 0 aromatic rings. The molecule has 0 aromatic heterocycles. The topological polar surface area (TPSA) is 106 Å². The maximum absolute atomic E-state index is 11.5. The molecule has 4 N–H and O–H groups in total. The molecule has 0 heterocycles. The highest BCUT2D eigenvalue weighted by molar-refractivity contribution is 5.67. The fraction of sp³-hybridized carbons (Fsp3) is 0.882. The molecule has 1 unspecified atom stereocenters. The molecule has 8 heteroatoms. The summed E-state index contributed by atoms with van der Waals surface area (Å²) in [5.74, 6) is 0. The minimum atomic E-state index is -0.402. The standard InChI is InChI=1S/C17H36N4O4/c1-4-6-8-19-16(22)24-12-10-21(15(3)14-18)11-13-25-17(23)20-9-7-5-2/h15H,4-14,18H2,1-3H3,(H,19,22)(H,20,23). The molecule has 0 aliphatic heterocycles. The summed E-state index contributed by atoms with van der Waals surface area (Å²) >= 11 is 0. The van der Waals surface area contributed by atoms with E-state index in [0.29, 0.717) is 32.7 Å². The van der Waals surface area contributed by atoms with Gasteiger partial charge < -0.3 is 25.8 Å². The van der Waals surface area contributed by atoms with E-state index in [9.17, 15) is 9.59 Å². The average molecular weight is 360 g/mol. The van der Waals surface area contributed by atoms with E-state index < -0.39 is 12.2 Å². The number of alkyl carbamates (subject to hydrolysis) is 2. The lowest BCUT2D eigenvalue weighted by Gasteiger charge is -2.27. The Hall–Kier alpha value is -1.54. The first-order valence-corrected chi connectivity index (χ1v) is 9.30. The van der Waals surface area contributed by atoms with E-state index in [2.05, 4.69) is 24.5 Å². The van der Waals surface area contributed by atoms with E-state index in [-0.39, 0.29) is 19.3 Å². The van der Waals surface area contributed by atoms with Crippen molar-refractivity contribution in [1.29, 1.82) is 0 Å². The molecule has 148 valence electrons. The number of hydrogen-bond donors (Lipinski definition) is 3. The molecule has 8 nitrogen and oxygen atoms in total. The third-order valence-corrected chi connectivity index (χ3v) is 3.79. The van der Waals surface area contributed by atoms with Crippen LogP contribution in [0.4, 0.5) is 9.59 Å². The number of amides is 2. The normalized spacial score (nSPS) is 11.9. The quantitative estimate of drug-likeness (QED) is 0.407. The van der Waals surface area contributed by atoms with Crippen molar-refractivity contribution in [3.63, 3.8) is 0 Å². The van der Waals surface area contributed by atoms with Gasteiger partial charge in [-0.2, -0.15) is 0 Å². The van der Waals surface area contributed by atoms with Gasteiger partial charge in [0.2, 0.25) is 0 Å². The first kappa shape index (κ1) is 23.5. The predicted octanol–water partition coefficient (Wildman–Crippen LogP) is 1.69. The molecule has 0 aromatic carbocycles. The van der Waals surface area contributed by atoms with E-state index in [1.807, 2.05) is 11.8 Å². The minimum absolute atomic E-state index is 0.110. The number of nitrogens with zero attached hydrogens (tertiary/aromatic N) is 1. The summed E-state index contributed by atoms with van der Waals surface area (Å²) in [6.45, 7) is 9.46. The van der Waals surface area contributed by atoms with E-state index >= 15 is 0 Å². The van der Waals surface area contributed by atoms with Gasteiger partial charge in [-0.3, -0.25) is 4.90 Å². The zero-order chi connectivity index (χ0) is 18.9. The van der Waals surface area contributed by atoms with Gasteiger partial charge in [0.1, 0.15) is 13.2 Å². The Morgan fingerprint density at radius 2 is 1.40 bits per heavy atom. The second-order valence-electron chi connectivity index (χ2n) is 5.95. The Bertz CT molecular complexity index is 328. The van der Waals surface area contributed by atoms with Gasteiger partial charge in [-0.15, -0.1) is 0 Å². The van der Waals surface area contributed by atoms with Gasteiger partial charge in [-0.05, 0) is 19.8 Å². The Kier molecular flexibility index (Phi) is 15.0. The summed E-state index contributed by atoms with van der Waals surface area (Å²) in [5, 5.41) is 5.40. The maximum Gasteiger partial charge on any atom is 0.407 e. The molecule has 1 atom stereocenters. The van der Waals surface area contributed by atoms with Gasteiger partial charge >= 0.3 is 12.2 Å². The fourth-order valence-corrected chi connectivity index (χ4v) is 2.05. The molecule has 2 amide bonds. The Morgan fingerprint density at radius 1 is 0.960 bits per heavy atom. The van der Waals surface area contributed by atoms with Crippen LogP contribution < -0.4 is 16.4 Å². The van der Waals surface area contributed by atoms with Crippen LogP contribution in [-0.4, -0.2) is 69.1 Å². The highest BCUT2D eigenvalue weighted by atomic mass is 16.6. The second kappa shape index (κ2) is 16.0. The number of unbranched alkanes of at least 4 members (excludes halogenated alkanes) is 2. The van der Waals surface area contributed by atoms with Gasteiger partial charge in [-0.1, -0.05) is 26.7 Å². The zero-order valence-electron chi connectivity index (χ0n) is 16.0. The smallest absolute Gasteiger partial charge is 0.407 e. The van der Waals surface area contributed by atoms with Gasteiger partial charge in [0, 0.05) is 38.8 Å². The van der Waals surface area contributed by atoms with Crippen molar-refractivity contribution >= 4 is 12.2 Å². The molecule has 0 saturated carbocycles. The third-order valence-electron chi connectivity index (χ3n) is 3.79. The van der Waals surface area contributed by atoms with Gasteiger partial charge in [0.25, 0.3) is 0 Å². The van der Waals surface area contributed by atoms with Crippen LogP contribution in [0.3, 0.4) is 0 Å². The molecule has 0 fully saturated rings. The predicted molar refractivity (Wildman–Crippen MR) is 98.6 cm³/mol. The minimum Gasteiger partial charge on any atom is -0.448 e. The number of rotatable bonds is 14. The van der Waals surface area contributed by atoms with Crippen molar-refractivity contribution in [1.82, 2.24) is 15.5 Å². The van der Waals surface area contributed by atoms with Crippen LogP contribution in [-0.2, 0) is 9.47 Å². The average Bonchev–Trinajstić information content (AvgIpc) is 2.60. The highest BCUT2D eigenvalue weighted by Gasteiger charge is 2.14. The lowest BCUT2D eigenvalue weighted by Crippen LogP contribution is -2.43. The van der Waals surface area contributed by atoms with Crippen LogP contribution in [0.5, 0.6) is 0 Å². The molecule has 0 saturated heterocycles. The van der Waals surface area contributed by atoms with Crippen molar-refractivity contribution in [3.05, 3.63) is 0 Å². The third kappa shape index (κ3) is 13.4. The van der Waals surface area contributed by atoms with Crippen molar-refractivity contribution in [3.8, 4) is 0 Å². The molecular formula is C17H36N4O4. The van der Waals surface area contributed by atoms with Gasteiger partial charge in [-0.25, -0.2) is 9.59 Å². The first-order chi connectivity index (χ1) is 12.0. The number of hydrogen-bond acceptors (Lipinski definition) is 6. The van der Waals surface area contributed by atoms with E-state index in [1.165, 1.54) is 0 Å². The van der Waals surface area contributed by atoms with E-state index in [1.54, 1.807) is 0 Å². The Labute approximate surface area is 151 Å². The van der Waals surface area contributed by atoms with Crippen LogP contribution >= 0.6 is 0 Å². The molecular weight excluding hydrogens is 324 g/mol. The van der Waals surface area contributed by atoms with Crippen molar-refractivity contribution < 1.29 is 19.1 Å². The Balaban J connectivity index is 4.00. The summed E-state index contributed by atoms with van der Waals surface area (Å²) in [6, 6.07) is 0.110. The maximum atomic E-state index is 11.5. The second-order valence-corrected chi connectivity index (χ2v) is 5.95. The monoisotopic (exact) mass is 360 g/mol. The van der Waals surface area contributed by atoms with E-state index in [4.69, 9.17) is 15.2 Å². The van der Waals surface area contributed by atoms with Gasteiger partial charge in [0.15, 0.2) is 0 Å². The number of carbonyl (C=O) groups is 2. The number of ether oxygens (including phenoxy) is 2. The van der Waals surface area contributed by atoms with Crippen LogP contribution in [0.1, 0.15) is 46.5 Å². The van der Waals surface area contributed by atoms with Crippen LogP contribution in [0.25, 0.3) is 0 Å². The summed E-state index contributed by atoms with van der Waals surface area (Å²) in [6.07, 6.45) is 3.11. The molecule has 0 rings (SSSR count). The first-order valence-electron chi connectivity index (χ1n) is 9.30. The SMILES string of the molecule is CCCCNC(=O)OCCN(CCOC(=O)NCCCC)C(C)CN. The molecule has 0 radical (unpaired) electrons. The van der Waals surface area contributed by atoms with Crippen molar-refractivity contribution in [2.45, 2.75) is 52.5 Å². The number of nitrogens with two attached hydrogens (primary N) is 1. The molecule has 0 aliphatic rings. The van der Waals surface area contributed by atoms with Crippen LogP contribution in [0, 0.1) is 0 Å². The van der Waals surface area contributed by atoms with Crippen molar-refractivity contribution in [2.24, 2.45) is 5.73 Å². The molecule has 0 spiro atoms. The molecule has 0 aliphatic carbocycles. The highest BCUT2D eigenvalue weighted by Crippen LogP contribution is 1.98. The van der Waals surface area contributed by atoms with Gasteiger partial charge in [0.05, 0.1) is 0 Å². The lowest BCUT2D eigenvalue weighted by molar-refractivity contribution is 0.0925. The van der Waals surface area contributed by atoms with E-state index in [0.717, 1.165) is 25.7 Å². The summed E-state index contributed by atoms with van der Waals surface area (Å²) in [7, 11) is 0. The summed E-state index contributed by atoms with van der Waals surface area (Å²) in [4.78, 5) is 25.1. The van der Waals surface area contributed by atoms with Crippen LogP contribution in [0.2, 0.25) is 0 Å². The number of carbonyl (C=O) groups excluding carboxylic acids is 2. The molecule has 25 heavy (non-hydrogen) atoms. The Morgan fingerprint density at radius 3 is 1.76 bits per heavy atom. The fourth-order valence-electron chi connectivity index (χ4n) is 2.05. The summed E-state index contributed by atoms with van der Waals surface area (Å²) < 4.78 is 10.3. The molecule has 0 bridgehead atoms. The lowest BCUT2D eigenvalue weighted by atomic mass is 10.3. The zero-order valence-corrected chi connectivity index (χ0v) is 16.0. The summed E-state index contributed by atoms with van der Waals surface area (Å²) in [5.41, 5.74) is 5.72. The van der Waals surface area contributed by atoms with Crippen molar-refractivity contribution in [2.75, 3.05) is 45.9 Å². The number of nitrogens with one attached hydrogen (secondary N) is 2. The van der Waals surface area contributed by atoms with Crippen LogP contribution in [0.15, 0.2) is 0 Å². The largest absolute Gasteiger partial charge is 0.448 e.